The van der Waals surface area contributed by atoms with Crippen molar-refractivity contribution in [3.05, 3.63) is 40.8 Å². The lowest BCUT2D eigenvalue weighted by atomic mass is 9.98. The lowest BCUT2D eigenvalue weighted by Gasteiger charge is -2.31. The molecule has 0 N–H and O–H groups in total. The third kappa shape index (κ3) is 4.27. The molecule has 1 fully saturated rings. The predicted octanol–water partition coefficient (Wildman–Crippen LogP) is 3.61. The van der Waals surface area contributed by atoms with Gasteiger partial charge < -0.3 is 9.64 Å². The molecule has 0 atom stereocenters. The Bertz CT molecular complexity index is 917. The number of thiazole rings is 1. The third-order valence-corrected chi connectivity index (χ3v) is 6.00. The van der Waals surface area contributed by atoms with Crippen LogP contribution >= 0.6 is 11.3 Å². The second-order valence-electron chi connectivity index (χ2n) is 7.21. The molecule has 28 heavy (non-hydrogen) atoms. The van der Waals surface area contributed by atoms with Crippen molar-refractivity contribution in [2.24, 2.45) is 5.92 Å². The molecule has 0 unspecified atom stereocenters. The number of hydrogen-bond acceptors (Lipinski definition) is 8. The molecule has 8 heteroatoms. The third-order valence-electron chi connectivity index (χ3n) is 4.91. The Morgan fingerprint density at radius 2 is 1.82 bits per heavy atom. The molecule has 146 valence electrons. The van der Waals surface area contributed by atoms with Gasteiger partial charge in [-0.05, 0) is 51.2 Å². The van der Waals surface area contributed by atoms with E-state index < -0.39 is 0 Å². The summed E-state index contributed by atoms with van der Waals surface area (Å²) in [6.45, 7) is 8.57. The maximum absolute atomic E-state index is 5.89. The van der Waals surface area contributed by atoms with E-state index in [1.165, 1.54) is 0 Å². The normalized spacial score (nSPS) is 15.0. The highest BCUT2D eigenvalue weighted by atomic mass is 32.1. The van der Waals surface area contributed by atoms with E-state index >= 15 is 0 Å². The average molecular weight is 397 g/mol. The van der Waals surface area contributed by atoms with E-state index in [0.29, 0.717) is 18.4 Å². The lowest BCUT2D eigenvalue weighted by Crippen LogP contribution is -2.36. The topological polar surface area (TPSA) is 76.9 Å². The summed E-state index contributed by atoms with van der Waals surface area (Å²) in [5.41, 5.74) is 2.93. The van der Waals surface area contributed by atoms with Crippen LogP contribution < -0.4 is 9.64 Å². The van der Waals surface area contributed by atoms with Crippen molar-refractivity contribution in [2.75, 3.05) is 24.6 Å². The fourth-order valence-corrected chi connectivity index (χ4v) is 4.22. The number of aromatic nitrogens is 5. The number of ether oxygens (including phenoxy) is 1. The molecule has 3 aromatic heterocycles. The minimum atomic E-state index is 0.509. The fourth-order valence-electron chi connectivity index (χ4n) is 3.34. The predicted molar refractivity (Wildman–Crippen MR) is 110 cm³/mol. The van der Waals surface area contributed by atoms with Crippen LogP contribution in [0.4, 0.5) is 5.95 Å². The SMILES string of the molecule is Cc1cnc(N2CCC(COc3ccc(-c4sc(C)nc4C)nn3)CC2)nc1. The molecule has 0 spiro atoms. The minimum Gasteiger partial charge on any atom is -0.476 e. The van der Waals surface area contributed by atoms with Crippen LogP contribution in [-0.4, -0.2) is 44.8 Å². The van der Waals surface area contributed by atoms with Crippen LogP contribution in [0.3, 0.4) is 0 Å². The Morgan fingerprint density at radius 1 is 1.07 bits per heavy atom. The molecule has 7 nitrogen and oxygen atoms in total. The Kier molecular flexibility index (Phi) is 5.47. The summed E-state index contributed by atoms with van der Waals surface area (Å²) in [6, 6.07) is 3.85. The molecule has 4 heterocycles. The summed E-state index contributed by atoms with van der Waals surface area (Å²) in [5, 5.41) is 9.59. The molecular formula is C20H24N6OS. The van der Waals surface area contributed by atoms with E-state index in [0.717, 1.165) is 58.7 Å². The Balaban J connectivity index is 1.28. The van der Waals surface area contributed by atoms with Crippen LogP contribution in [0.2, 0.25) is 0 Å². The fraction of sp³-hybridized carbons (Fsp3) is 0.450. The van der Waals surface area contributed by atoms with Gasteiger partial charge in [-0.15, -0.1) is 21.5 Å². The van der Waals surface area contributed by atoms with Gasteiger partial charge in [0.15, 0.2) is 0 Å². The molecular weight excluding hydrogens is 372 g/mol. The first-order valence-corrected chi connectivity index (χ1v) is 10.3. The molecule has 3 aromatic rings. The van der Waals surface area contributed by atoms with Gasteiger partial charge in [0.1, 0.15) is 5.69 Å². The number of anilines is 1. The van der Waals surface area contributed by atoms with Gasteiger partial charge in [0.2, 0.25) is 11.8 Å². The molecule has 1 aliphatic heterocycles. The van der Waals surface area contributed by atoms with E-state index in [2.05, 4.69) is 30.0 Å². The van der Waals surface area contributed by atoms with Gasteiger partial charge in [-0.2, -0.15) is 0 Å². The van der Waals surface area contributed by atoms with E-state index in [1.807, 2.05) is 45.3 Å². The number of piperidine rings is 1. The Morgan fingerprint density at radius 3 is 2.43 bits per heavy atom. The van der Waals surface area contributed by atoms with Gasteiger partial charge in [0, 0.05) is 31.5 Å². The van der Waals surface area contributed by atoms with E-state index in [9.17, 15) is 0 Å². The van der Waals surface area contributed by atoms with Gasteiger partial charge in [-0.3, -0.25) is 0 Å². The molecule has 0 amide bonds. The first-order valence-electron chi connectivity index (χ1n) is 9.53. The zero-order valence-electron chi connectivity index (χ0n) is 16.4. The van der Waals surface area contributed by atoms with Gasteiger partial charge in [0.25, 0.3) is 0 Å². The standard InChI is InChI=1S/C20H24N6OS/c1-13-10-21-20(22-11-13)26-8-6-16(7-9-26)12-27-18-5-4-17(24-25-18)19-14(2)23-15(3)28-19/h4-5,10-11,16H,6-9,12H2,1-3H3. The van der Waals surface area contributed by atoms with Crippen molar-refractivity contribution in [3.63, 3.8) is 0 Å². The van der Waals surface area contributed by atoms with Crippen molar-refractivity contribution >= 4 is 17.3 Å². The highest BCUT2D eigenvalue weighted by Crippen LogP contribution is 2.28. The number of hydrogen-bond donors (Lipinski definition) is 0. The van der Waals surface area contributed by atoms with Crippen LogP contribution in [0, 0.1) is 26.7 Å². The second kappa shape index (κ2) is 8.18. The molecule has 0 aliphatic carbocycles. The molecule has 0 bridgehead atoms. The first kappa shape index (κ1) is 18.7. The summed E-state index contributed by atoms with van der Waals surface area (Å²) in [4.78, 5) is 16.6. The molecule has 1 saturated heterocycles. The molecule has 0 radical (unpaired) electrons. The average Bonchev–Trinajstić information content (AvgIpc) is 3.06. The van der Waals surface area contributed by atoms with Crippen LogP contribution in [0.1, 0.15) is 29.1 Å². The van der Waals surface area contributed by atoms with Gasteiger partial charge in [-0.25, -0.2) is 15.0 Å². The summed E-state index contributed by atoms with van der Waals surface area (Å²) in [7, 11) is 0. The van der Waals surface area contributed by atoms with Crippen LogP contribution in [0.25, 0.3) is 10.6 Å². The Labute approximate surface area is 168 Å². The monoisotopic (exact) mass is 396 g/mol. The van der Waals surface area contributed by atoms with Crippen LogP contribution in [0.5, 0.6) is 5.88 Å². The lowest BCUT2D eigenvalue weighted by molar-refractivity contribution is 0.214. The van der Waals surface area contributed by atoms with Crippen molar-refractivity contribution in [1.29, 1.82) is 0 Å². The van der Waals surface area contributed by atoms with Crippen LogP contribution in [0.15, 0.2) is 24.5 Å². The number of aryl methyl sites for hydroxylation is 3. The van der Waals surface area contributed by atoms with E-state index in [4.69, 9.17) is 4.74 Å². The summed E-state index contributed by atoms with van der Waals surface area (Å²) in [5.74, 6) is 1.90. The highest BCUT2D eigenvalue weighted by molar-refractivity contribution is 7.15. The largest absolute Gasteiger partial charge is 0.476 e. The minimum absolute atomic E-state index is 0.509. The first-order chi connectivity index (χ1) is 13.6. The van der Waals surface area contributed by atoms with Gasteiger partial charge in [-0.1, -0.05) is 0 Å². The van der Waals surface area contributed by atoms with Crippen molar-refractivity contribution in [1.82, 2.24) is 25.1 Å². The van der Waals surface area contributed by atoms with E-state index in [-0.39, 0.29) is 0 Å². The maximum atomic E-state index is 5.89. The van der Waals surface area contributed by atoms with E-state index in [1.54, 1.807) is 11.3 Å². The van der Waals surface area contributed by atoms with Crippen molar-refractivity contribution < 1.29 is 4.74 Å². The molecule has 4 rings (SSSR count). The zero-order valence-corrected chi connectivity index (χ0v) is 17.2. The number of rotatable bonds is 5. The highest BCUT2D eigenvalue weighted by Gasteiger charge is 2.21. The van der Waals surface area contributed by atoms with Gasteiger partial charge in [0.05, 0.1) is 22.2 Å². The summed E-state index contributed by atoms with van der Waals surface area (Å²) < 4.78 is 5.89. The number of nitrogens with zero attached hydrogens (tertiary/aromatic N) is 6. The molecule has 0 saturated carbocycles. The Hall–Kier alpha value is -2.61. The summed E-state index contributed by atoms with van der Waals surface area (Å²) >= 11 is 1.64. The van der Waals surface area contributed by atoms with Crippen LogP contribution in [-0.2, 0) is 0 Å². The smallest absolute Gasteiger partial charge is 0.233 e. The quantitative estimate of drug-likeness (QED) is 0.652. The molecule has 0 aromatic carbocycles. The zero-order chi connectivity index (χ0) is 19.5. The van der Waals surface area contributed by atoms with Crippen molar-refractivity contribution in [3.8, 4) is 16.5 Å². The summed E-state index contributed by atoms with van der Waals surface area (Å²) in [6.07, 6.45) is 5.86. The van der Waals surface area contributed by atoms with Gasteiger partial charge >= 0.3 is 0 Å². The second-order valence-corrected chi connectivity index (χ2v) is 8.41. The maximum Gasteiger partial charge on any atom is 0.233 e. The molecule has 1 aliphatic rings. The van der Waals surface area contributed by atoms with Crippen molar-refractivity contribution in [2.45, 2.75) is 33.6 Å².